The van der Waals surface area contributed by atoms with Crippen LogP contribution in [-0.2, 0) is 4.79 Å². The van der Waals surface area contributed by atoms with Gasteiger partial charge in [-0.2, -0.15) is 0 Å². The average molecular weight is 409 g/mol. The molecule has 1 fully saturated rings. The first-order valence-electron chi connectivity index (χ1n) is 10.7. The number of hydrogen-bond donors (Lipinski definition) is 2. The van der Waals surface area contributed by atoms with Crippen molar-refractivity contribution in [3.63, 3.8) is 0 Å². The molecular formula is C24H32N4O2. The fourth-order valence-corrected chi connectivity index (χ4v) is 3.76. The SMILES string of the molecule is CC(=O)Nc1cccc(C(=O)NCCCCN2CCN(c3cccc(C)c3)CC2)c1. The van der Waals surface area contributed by atoms with Gasteiger partial charge >= 0.3 is 0 Å². The van der Waals surface area contributed by atoms with Crippen LogP contribution in [0, 0.1) is 6.92 Å². The highest BCUT2D eigenvalue weighted by molar-refractivity contribution is 5.96. The number of carbonyl (C=O) groups is 2. The number of unbranched alkanes of at least 4 members (excludes halogenated alkanes) is 1. The van der Waals surface area contributed by atoms with E-state index in [1.54, 1.807) is 24.3 Å². The Morgan fingerprint density at radius 2 is 1.73 bits per heavy atom. The molecule has 1 heterocycles. The number of anilines is 2. The third kappa shape index (κ3) is 6.59. The van der Waals surface area contributed by atoms with E-state index < -0.39 is 0 Å². The molecule has 3 rings (SSSR count). The molecule has 0 saturated carbocycles. The number of carbonyl (C=O) groups excluding carboxylic acids is 2. The Morgan fingerprint density at radius 1 is 0.967 bits per heavy atom. The summed E-state index contributed by atoms with van der Waals surface area (Å²) in [6, 6.07) is 15.7. The number of nitrogens with one attached hydrogen (secondary N) is 2. The summed E-state index contributed by atoms with van der Waals surface area (Å²) in [4.78, 5) is 28.4. The maximum atomic E-state index is 12.3. The molecule has 2 aromatic carbocycles. The highest BCUT2D eigenvalue weighted by atomic mass is 16.2. The average Bonchev–Trinajstić information content (AvgIpc) is 2.73. The number of benzene rings is 2. The Morgan fingerprint density at radius 3 is 2.47 bits per heavy atom. The van der Waals surface area contributed by atoms with Crippen molar-refractivity contribution in [2.24, 2.45) is 0 Å². The van der Waals surface area contributed by atoms with Crippen molar-refractivity contribution in [1.29, 1.82) is 0 Å². The van der Waals surface area contributed by atoms with Crippen molar-refractivity contribution in [3.8, 4) is 0 Å². The summed E-state index contributed by atoms with van der Waals surface area (Å²) >= 11 is 0. The Kier molecular flexibility index (Phi) is 7.85. The smallest absolute Gasteiger partial charge is 0.251 e. The van der Waals surface area contributed by atoms with Crippen LogP contribution in [0.3, 0.4) is 0 Å². The normalized spacial score (nSPS) is 14.4. The van der Waals surface area contributed by atoms with Gasteiger partial charge in [-0.05, 0) is 62.2 Å². The van der Waals surface area contributed by atoms with Gasteiger partial charge in [0.2, 0.25) is 5.91 Å². The molecule has 1 aliphatic rings. The summed E-state index contributed by atoms with van der Waals surface area (Å²) in [5.41, 5.74) is 3.83. The van der Waals surface area contributed by atoms with Crippen molar-refractivity contribution in [2.75, 3.05) is 49.5 Å². The molecule has 2 amide bonds. The van der Waals surface area contributed by atoms with E-state index in [0.717, 1.165) is 45.6 Å². The van der Waals surface area contributed by atoms with Crippen LogP contribution in [0.2, 0.25) is 0 Å². The van der Waals surface area contributed by atoms with Gasteiger partial charge in [0.15, 0.2) is 0 Å². The standard InChI is InChI=1S/C24H32N4O2/c1-19-7-5-10-23(17-19)28-15-13-27(14-16-28)12-4-3-11-25-24(30)21-8-6-9-22(18-21)26-20(2)29/h5-10,17-18H,3-4,11-16H2,1-2H3,(H,25,30)(H,26,29). The Balaban J connectivity index is 1.32. The van der Waals surface area contributed by atoms with Gasteiger partial charge in [-0.15, -0.1) is 0 Å². The quantitative estimate of drug-likeness (QED) is 0.658. The molecule has 160 valence electrons. The lowest BCUT2D eigenvalue weighted by molar-refractivity contribution is -0.114. The lowest BCUT2D eigenvalue weighted by atomic mass is 10.1. The van der Waals surface area contributed by atoms with Crippen molar-refractivity contribution in [3.05, 3.63) is 59.7 Å². The zero-order chi connectivity index (χ0) is 21.3. The molecule has 0 unspecified atom stereocenters. The van der Waals surface area contributed by atoms with Gasteiger partial charge in [0, 0.05) is 56.6 Å². The number of piperazine rings is 1. The first-order chi connectivity index (χ1) is 14.5. The van der Waals surface area contributed by atoms with E-state index in [1.165, 1.54) is 18.2 Å². The van der Waals surface area contributed by atoms with Crippen molar-refractivity contribution in [1.82, 2.24) is 10.2 Å². The van der Waals surface area contributed by atoms with Crippen LogP contribution in [0.5, 0.6) is 0 Å². The van der Waals surface area contributed by atoms with Gasteiger partial charge < -0.3 is 15.5 Å². The zero-order valence-electron chi connectivity index (χ0n) is 18.0. The fraction of sp³-hybridized carbons (Fsp3) is 0.417. The maximum Gasteiger partial charge on any atom is 0.251 e. The van der Waals surface area contributed by atoms with Crippen molar-refractivity contribution < 1.29 is 9.59 Å². The molecule has 0 aliphatic carbocycles. The second-order valence-electron chi connectivity index (χ2n) is 7.89. The Labute approximate surface area is 179 Å². The first-order valence-corrected chi connectivity index (χ1v) is 10.7. The molecule has 0 atom stereocenters. The molecule has 30 heavy (non-hydrogen) atoms. The second-order valence-corrected chi connectivity index (χ2v) is 7.89. The van der Waals surface area contributed by atoms with Gasteiger partial charge in [-0.3, -0.25) is 14.5 Å². The molecule has 6 heteroatoms. The number of amides is 2. The summed E-state index contributed by atoms with van der Waals surface area (Å²) < 4.78 is 0. The summed E-state index contributed by atoms with van der Waals surface area (Å²) in [7, 11) is 0. The molecule has 2 aromatic rings. The molecule has 0 aromatic heterocycles. The van der Waals surface area contributed by atoms with Crippen LogP contribution < -0.4 is 15.5 Å². The highest BCUT2D eigenvalue weighted by Gasteiger charge is 2.16. The third-order valence-corrected chi connectivity index (χ3v) is 5.37. The van der Waals surface area contributed by atoms with E-state index in [2.05, 4.69) is 51.6 Å². The lowest BCUT2D eigenvalue weighted by Gasteiger charge is -2.36. The van der Waals surface area contributed by atoms with Gasteiger partial charge in [0.05, 0.1) is 0 Å². The number of aryl methyl sites for hydroxylation is 1. The van der Waals surface area contributed by atoms with E-state index >= 15 is 0 Å². The van der Waals surface area contributed by atoms with Crippen LogP contribution >= 0.6 is 0 Å². The molecule has 6 nitrogen and oxygen atoms in total. The summed E-state index contributed by atoms with van der Waals surface area (Å²) in [5.74, 6) is -0.249. The maximum absolute atomic E-state index is 12.3. The van der Waals surface area contributed by atoms with Gasteiger partial charge in [0.1, 0.15) is 0 Å². The van der Waals surface area contributed by atoms with Crippen molar-refractivity contribution in [2.45, 2.75) is 26.7 Å². The summed E-state index contributed by atoms with van der Waals surface area (Å²) in [6.45, 7) is 9.59. The molecule has 1 aliphatic heterocycles. The van der Waals surface area contributed by atoms with Crippen LogP contribution in [-0.4, -0.2) is 56.0 Å². The van der Waals surface area contributed by atoms with Gasteiger partial charge in [-0.25, -0.2) is 0 Å². The highest BCUT2D eigenvalue weighted by Crippen LogP contribution is 2.18. The van der Waals surface area contributed by atoms with Gasteiger partial charge in [-0.1, -0.05) is 18.2 Å². The molecule has 1 saturated heterocycles. The third-order valence-electron chi connectivity index (χ3n) is 5.37. The largest absolute Gasteiger partial charge is 0.369 e. The first kappa shape index (κ1) is 21.8. The predicted octanol–water partition coefficient (Wildman–Crippen LogP) is 3.29. The lowest BCUT2D eigenvalue weighted by Crippen LogP contribution is -2.46. The Hall–Kier alpha value is -2.86. The molecule has 0 radical (unpaired) electrons. The van der Waals surface area contributed by atoms with E-state index in [9.17, 15) is 9.59 Å². The van der Waals surface area contributed by atoms with Gasteiger partial charge in [0.25, 0.3) is 5.91 Å². The molecule has 0 spiro atoms. The monoisotopic (exact) mass is 408 g/mol. The van der Waals surface area contributed by atoms with Crippen LogP contribution in [0.25, 0.3) is 0 Å². The predicted molar refractivity (Wildman–Crippen MR) is 122 cm³/mol. The van der Waals surface area contributed by atoms with E-state index in [0.29, 0.717) is 17.8 Å². The summed E-state index contributed by atoms with van der Waals surface area (Å²) in [5, 5.41) is 5.67. The number of rotatable bonds is 8. The Bertz CT molecular complexity index is 860. The van der Waals surface area contributed by atoms with Crippen LogP contribution in [0.15, 0.2) is 48.5 Å². The number of nitrogens with zero attached hydrogens (tertiary/aromatic N) is 2. The van der Waals surface area contributed by atoms with E-state index in [4.69, 9.17) is 0 Å². The van der Waals surface area contributed by atoms with Crippen LogP contribution in [0.4, 0.5) is 11.4 Å². The van der Waals surface area contributed by atoms with E-state index in [-0.39, 0.29) is 11.8 Å². The second kappa shape index (κ2) is 10.8. The van der Waals surface area contributed by atoms with E-state index in [1.807, 2.05) is 0 Å². The topological polar surface area (TPSA) is 64.7 Å². The molecular weight excluding hydrogens is 376 g/mol. The minimum absolute atomic E-state index is 0.103. The van der Waals surface area contributed by atoms with Crippen molar-refractivity contribution >= 4 is 23.2 Å². The number of hydrogen-bond acceptors (Lipinski definition) is 4. The fourth-order valence-electron chi connectivity index (χ4n) is 3.76. The molecule has 0 bridgehead atoms. The minimum Gasteiger partial charge on any atom is -0.369 e. The van der Waals surface area contributed by atoms with Crippen LogP contribution in [0.1, 0.15) is 35.7 Å². The molecule has 2 N–H and O–H groups in total. The minimum atomic E-state index is -0.146. The summed E-state index contributed by atoms with van der Waals surface area (Å²) in [6.07, 6.45) is 2.02. The zero-order valence-corrected chi connectivity index (χ0v) is 18.0.